The van der Waals surface area contributed by atoms with Crippen LogP contribution in [-0.2, 0) is 0 Å². The monoisotopic (exact) mass is 300 g/mol. The van der Waals surface area contributed by atoms with Crippen molar-refractivity contribution in [1.29, 1.82) is 0 Å². The lowest BCUT2D eigenvalue weighted by molar-refractivity contribution is 0.0442. The summed E-state index contributed by atoms with van der Waals surface area (Å²) in [4.78, 5) is 18.1. The molecule has 3 rings (SSSR count). The maximum Gasteiger partial charge on any atom is 0.291 e. The van der Waals surface area contributed by atoms with E-state index in [0.29, 0.717) is 24.5 Å². The number of benzene rings is 1. The number of aryl methyl sites for hydroxylation is 1. The first-order valence-electron chi connectivity index (χ1n) is 7.59. The van der Waals surface area contributed by atoms with Crippen LogP contribution >= 0.6 is 0 Å². The van der Waals surface area contributed by atoms with Gasteiger partial charge in [0.1, 0.15) is 0 Å². The minimum absolute atomic E-state index is 0.109. The molecule has 0 radical (unpaired) electrons. The molecule has 0 aliphatic carbocycles. The van der Waals surface area contributed by atoms with Crippen molar-refractivity contribution in [3.05, 3.63) is 53.7 Å². The summed E-state index contributed by atoms with van der Waals surface area (Å²) in [5.41, 5.74) is 1.56. The Morgan fingerprint density at radius 3 is 2.59 bits per heavy atom. The van der Waals surface area contributed by atoms with Gasteiger partial charge in [0, 0.05) is 13.1 Å². The van der Waals surface area contributed by atoms with Crippen LogP contribution < -0.4 is 0 Å². The topological polar surface area (TPSA) is 66.6 Å². The quantitative estimate of drug-likeness (QED) is 0.946. The van der Waals surface area contributed by atoms with Gasteiger partial charge in [0.15, 0.2) is 6.39 Å². The zero-order chi connectivity index (χ0) is 15.5. The van der Waals surface area contributed by atoms with E-state index in [0.717, 1.165) is 18.4 Å². The molecule has 22 heavy (non-hydrogen) atoms. The largest absolute Gasteiger partial charge is 0.438 e. The minimum Gasteiger partial charge on any atom is -0.438 e. The number of aromatic nitrogens is 1. The number of amides is 1. The molecule has 2 heterocycles. The van der Waals surface area contributed by atoms with E-state index in [-0.39, 0.29) is 11.8 Å². The number of piperidine rings is 1. The molecule has 1 saturated heterocycles. The standard InChI is InChI=1S/C17H20N2O3/c1-12-16(22-11-18-12)17(21)19-9-7-14(8-10-19)15(20)13-5-3-2-4-6-13/h2-6,11,14-15,20H,7-10H2,1H3. The van der Waals surface area contributed by atoms with Crippen molar-refractivity contribution in [3.63, 3.8) is 0 Å². The fourth-order valence-corrected chi connectivity index (χ4v) is 2.99. The van der Waals surface area contributed by atoms with Crippen LogP contribution in [0.1, 0.15) is 40.8 Å². The zero-order valence-corrected chi connectivity index (χ0v) is 12.6. The number of hydrogen-bond acceptors (Lipinski definition) is 4. The molecule has 0 bridgehead atoms. The van der Waals surface area contributed by atoms with E-state index < -0.39 is 6.10 Å². The van der Waals surface area contributed by atoms with Gasteiger partial charge in [0.05, 0.1) is 11.8 Å². The second-order valence-corrected chi connectivity index (χ2v) is 5.75. The highest BCUT2D eigenvalue weighted by Crippen LogP contribution is 2.31. The van der Waals surface area contributed by atoms with E-state index in [1.165, 1.54) is 6.39 Å². The summed E-state index contributed by atoms with van der Waals surface area (Å²) in [6.45, 7) is 3.03. The molecule has 1 unspecified atom stereocenters. The van der Waals surface area contributed by atoms with E-state index in [1.54, 1.807) is 11.8 Å². The Balaban J connectivity index is 1.61. The van der Waals surface area contributed by atoms with Gasteiger partial charge in [-0.25, -0.2) is 4.98 Å². The van der Waals surface area contributed by atoms with Gasteiger partial charge >= 0.3 is 0 Å². The Hall–Kier alpha value is -2.14. The number of rotatable bonds is 3. The number of carbonyl (C=O) groups is 1. The Labute approximate surface area is 129 Å². The van der Waals surface area contributed by atoms with Crippen LogP contribution in [0.4, 0.5) is 0 Å². The lowest BCUT2D eigenvalue weighted by atomic mass is 9.87. The second kappa shape index (κ2) is 6.32. The SMILES string of the molecule is Cc1ncoc1C(=O)N1CCC(C(O)c2ccccc2)CC1. The molecule has 1 aliphatic rings. The highest BCUT2D eigenvalue weighted by Gasteiger charge is 2.30. The van der Waals surface area contributed by atoms with Crippen LogP contribution in [0, 0.1) is 12.8 Å². The normalized spacial score (nSPS) is 17.5. The molecule has 1 aliphatic heterocycles. The number of aliphatic hydroxyl groups is 1. The van der Waals surface area contributed by atoms with Crippen molar-refractivity contribution in [1.82, 2.24) is 9.88 Å². The fraction of sp³-hybridized carbons (Fsp3) is 0.412. The van der Waals surface area contributed by atoms with Gasteiger partial charge in [0.2, 0.25) is 5.76 Å². The van der Waals surface area contributed by atoms with Gasteiger partial charge in [-0.15, -0.1) is 0 Å². The summed E-state index contributed by atoms with van der Waals surface area (Å²) in [6, 6.07) is 9.70. The van der Waals surface area contributed by atoms with Gasteiger partial charge in [-0.2, -0.15) is 0 Å². The number of oxazole rings is 1. The van der Waals surface area contributed by atoms with E-state index in [1.807, 2.05) is 30.3 Å². The van der Waals surface area contributed by atoms with Crippen LogP contribution in [0.3, 0.4) is 0 Å². The number of likely N-dealkylation sites (tertiary alicyclic amines) is 1. The summed E-state index contributed by atoms with van der Waals surface area (Å²) in [5, 5.41) is 10.5. The molecule has 5 nitrogen and oxygen atoms in total. The van der Waals surface area contributed by atoms with E-state index in [2.05, 4.69) is 4.98 Å². The Kier molecular flexibility index (Phi) is 4.24. The minimum atomic E-state index is -0.467. The van der Waals surface area contributed by atoms with Crippen molar-refractivity contribution >= 4 is 5.91 Å². The molecule has 0 saturated carbocycles. The van der Waals surface area contributed by atoms with Crippen LogP contribution in [0.15, 0.2) is 41.1 Å². The third-order valence-corrected chi connectivity index (χ3v) is 4.35. The van der Waals surface area contributed by atoms with Crippen molar-refractivity contribution in [3.8, 4) is 0 Å². The van der Waals surface area contributed by atoms with Crippen molar-refractivity contribution < 1.29 is 14.3 Å². The molecular formula is C17H20N2O3. The van der Waals surface area contributed by atoms with Gasteiger partial charge in [0.25, 0.3) is 5.91 Å². The average Bonchev–Trinajstić information content (AvgIpc) is 3.00. The van der Waals surface area contributed by atoms with Crippen LogP contribution in [0.5, 0.6) is 0 Å². The Bertz CT molecular complexity index is 630. The van der Waals surface area contributed by atoms with Crippen LogP contribution in [0.2, 0.25) is 0 Å². The van der Waals surface area contributed by atoms with Gasteiger partial charge in [-0.3, -0.25) is 4.79 Å². The predicted octanol–water partition coefficient (Wildman–Crippen LogP) is 2.57. The Morgan fingerprint density at radius 2 is 2.00 bits per heavy atom. The lowest BCUT2D eigenvalue weighted by Crippen LogP contribution is -2.39. The molecule has 5 heteroatoms. The van der Waals surface area contributed by atoms with Crippen LogP contribution in [-0.4, -0.2) is 34.0 Å². The molecule has 1 atom stereocenters. The number of nitrogens with zero attached hydrogens (tertiary/aromatic N) is 2. The highest BCUT2D eigenvalue weighted by atomic mass is 16.3. The average molecular weight is 300 g/mol. The van der Waals surface area contributed by atoms with E-state index in [4.69, 9.17) is 4.42 Å². The summed E-state index contributed by atoms with van der Waals surface area (Å²) in [6.07, 6.45) is 2.41. The van der Waals surface area contributed by atoms with Gasteiger partial charge in [-0.1, -0.05) is 30.3 Å². The van der Waals surface area contributed by atoms with Gasteiger partial charge in [-0.05, 0) is 31.2 Å². The summed E-state index contributed by atoms with van der Waals surface area (Å²) < 4.78 is 5.17. The maximum absolute atomic E-state index is 12.4. The molecule has 1 fully saturated rings. The molecule has 1 amide bonds. The molecule has 1 N–H and O–H groups in total. The first kappa shape index (κ1) is 14.8. The molecule has 2 aromatic rings. The number of carbonyl (C=O) groups excluding carboxylic acids is 1. The summed E-state index contributed by atoms with van der Waals surface area (Å²) >= 11 is 0. The highest BCUT2D eigenvalue weighted by molar-refractivity contribution is 5.92. The smallest absolute Gasteiger partial charge is 0.291 e. The number of hydrogen-bond donors (Lipinski definition) is 1. The van der Waals surface area contributed by atoms with Gasteiger partial charge < -0.3 is 14.4 Å². The first-order chi connectivity index (χ1) is 10.7. The zero-order valence-electron chi connectivity index (χ0n) is 12.6. The van der Waals surface area contributed by atoms with Crippen molar-refractivity contribution in [2.45, 2.75) is 25.9 Å². The molecule has 0 spiro atoms. The molecule has 1 aromatic carbocycles. The molecular weight excluding hydrogens is 280 g/mol. The molecule has 1 aromatic heterocycles. The second-order valence-electron chi connectivity index (χ2n) is 5.75. The van der Waals surface area contributed by atoms with E-state index in [9.17, 15) is 9.90 Å². The summed E-state index contributed by atoms with van der Waals surface area (Å²) in [5.74, 6) is 0.395. The first-order valence-corrected chi connectivity index (χ1v) is 7.59. The predicted molar refractivity (Wildman–Crippen MR) is 81.3 cm³/mol. The maximum atomic E-state index is 12.4. The Morgan fingerprint density at radius 1 is 1.32 bits per heavy atom. The lowest BCUT2D eigenvalue weighted by Gasteiger charge is -2.34. The van der Waals surface area contributed by atoms with Crippen molar-refractivity contribution in [2.24, 2.45) is 5.92 Å². The fourth-order valence-electron chi connectivity index (χ4n) is 2.99. The van der Waals surface area contributed by atoms with Crippen molar-refractivity contribution in [2.75, 3.05) is 13.1 Å². The third-order valence-electron chi connectivity index (χ3n) is 4.35. The van der Waals surface area contributed by atoms with Crippen LogP contribution in [0.25, 0.3) is 0 Å². The third kappa shape index (κ3) is 2.90. The van der Waals surface area contributed by atoms with E-state index >= 15 is 0 Å². The summed E-state index contributed by atoms with van der Waals surface area (Å²) in [7, 11) is 0. The number of aliphatic hydroxyl groups excluding tert-OH is 1. The molecule has 116 valence electrons.